The van der Waals surface area contributed by atoms with E-state index in [0.29, 0.717) is 26.2 Å². The molecule has 1 N–H and O–H groups in total. The lowest BCUT2D eigenvalue weighted by Gasteiger charge is -2.35. The lowest BCUT2D eigenvalue weighted by Crippen LogP contribution is -2.48. The summed E-state index contributed by atoms with van der Waals surface area (Å²) in [5.41, 5.74) is 2.28. The zero-order valence-corrected chi connectivity index (χ0v) is 14.0. The summed E-state index contributed by atoms with van der Waals surface area (Å²) in [5.74, 6) is 0. The third-order valence-corrected chi connectivity index (χ3v) is 5.19. The number of anilines is 1. The molecule has 7 heteroatoms. The van der Waals surface area contributed by atoms with E-state index < -0.39 is 10.0 Å². The molecule has 0 aromatic heterocycles. The molecule has 1 aromatic rings. The Morgan fingerprint density at radius 3 is 2.48 bits per heavy atom. The largest absolute Gasteiger partial charge is 0.369 e. The predicted octanol–water partition coefficient (Wildman–Crippen LogP) is 1.53. The van der Waals surface area contributed by atoms with Crippen LogP contribution in [0.5, 0.6) is 0 Å². The molecule has 0 atom stereocenters. The average Bonchev–Trinajstić information content (AvgIpc) is 2.44. The van der Waals surface area contributed by atoms with Crippen molar-refractivity contribution in [1.82, 2.24) is 9.62 Å². The zero-order chi connectivity index (χ0) is 15.5. The number of hydrogen-bond donors (Lipinski definition) is 1. The number of nitrogens with one attached hydrogen (secondary N) is 1. The van der Waals surface area contributed by atoms with Crippen LogP contribution in [0.2, 0.25) is 5.02 Å². The number of hydrogen-bond acceptors (Lipinski definition) is 4. The van der Waals surface area contributed by atoms with Crippen molar-refractivity contribution in [1.29, 1.82) is 0 Å². The summed E-state index contributed by atoms with van der Waals surface area (Å²) in [7, 11) is -3.09. The van der Waals surface area contributed by atoms with Crippen molar-refractivity contribution in [2.45, 2.75) is 13.5 Å². The monoisotopic (exact) mass is 331 g/mol. The highest BCUT2D eigenvalue weighted by Crippen LogP contribution is 2.25. The van der Waals surface area contributed by atoms with E-state index in [1.807, 2.05) is 18.2 Å². The molecule has 1 fully saturated rings. The van der Waals surface area contributed by atoms with Gasteiger partial charge in [0, 0.05) is 43.4 Å². The van der Waals surface area contributed by atoms with Crippen LogP contribution in [0, 0.1) is 0 Å². The number of rotatable bonds is 5. The minimum absolute atomic E-state index is 0.530. The van der Waals surface area contributed by atoms with E-state index in [1.54, 1.807) is 0 Å². The molecule has 0 aliphatic carbocycles. The quantitative estimate of drug-likeness (QED) is 0.889. The van der Waals surface area contributed by atoms with Crippen LogP contribution in [0.4, 0.5) is 5.69 Å². The van der Waals surface area contributed by atoms with Crippen molar-refractivity contribution in [3.8, 4) is 0 Å². The van der Waals surface area contributed by atoms with Gasteiger partial charge in [-0.2, -0.15) is 4.31 Å². The fraction of sp³-hybridized carbons (Fsp3) is 0.571. The van der Waals surface area contributed by atoms with Crippen molar-refractivity contribution in [2.24, 2.45) is 0 Å². The normalized spacial score (nSPS) is 17.2. The molecule has 118 valence electrons. The van der Waals surface area contributed by atoms with Gasteiger partial charge in [-0.15, -0.1) is 0 Å². The van der Waals surface area contributed by atoms with Crippen LogP contribution in [0.1, 0.15) is 12.5 Å². The summed E-state index contributed by atoms with van der Waals surface area (Å²) in [4.78, 5) is 2.23. The molecular weight excluding hydrogens is 310 g/mol. The van der Waals surface area contributed by atoms with E-state index in [0.717, 1.165) is 29.4 Å². The van der Waals surface area contributed by atoms with E-state index in [9.17, 15) is 8.42 Å². The van der Waals surface area contributed by atoms with Crippen molar-refractivity contribution in [3.63, 3.8) is 0 Å². The molecule has 0 bridgehead atoms. The molecule has 1 aliphatic heterocycles. The number of benzene rings is 1. The van der Waals surface area contributed by atoms with Gasteiger partial charge in [-0.25, -0.2) is 8.42 Å². The standard InChI is InChI=1S/C14H22ClN3O2S/c1-3-16-11-12-10-13(15)4-5-14(12)17-6-8-18(9-7-17)21(2,19)20/h4-5,10,16H,3,6-9,11H2,1-2H3. The maximum atomic E-state index is 11.6. The van der Waals surface area contributed by atoms with Crippen molar-refractivity contribution in [2.75, 3.05) is 43.9 Å². The minimum Gasteiger partial charge on any atom is -0.369 e. The van der Waals surface area contributed by atoms with Gasteiger partial charge in [-0.1, -0.05) is 18.5 Å². The third kappa shape index (κ3) is 4.32. The molecule has 0 radical (unpaired) electrons. The van der Waals surface area contributed by atoms with Crippen LogP contribution in [-0.4, -0.2) is 51.7 Å². The molecule has 1 saturated heterocycles. The molecule has 0 spiro atoms. The SMILES string of the molecule is CCNCc1cc(Cl)ccc1N1CCN(S(C)(=O)=O)CC1. The van der Waals surface area contributed by atoms with Gasteiger partial charge in [-0.3, -0.25) is 0 Å². The van der Waals surface area contributed by atoms with Gasteiger partial charge in [0.25, 0.3) is 0 Å². The molecule has 2 rings (SSSR count). The second-order valence-corrected chi connectivity index (χ2v) is 7.62. The number of halogens is 1. The maximum absolute atomic E-state index is 11.6. The van der Waals surface area contributed by atoms with Crippen LogP contribution in [-0.2, 0) is 16.6 Å². The van der Waals surface area contributed by atoms with E-state index >= 15 is 0 Å². The van der Waals surface area contributed by atoms with E-state index in [1.165, 1.54) is 10.6 Å². The number of piperazine rings is 1. The van der Waals surface area contributed by atoms with E-state index in [-0.39, 0.29) is 0 Å². The summed E-state index contributed by atoms with van der Waals surface area (Å²) in [6, 6.07) is 5.88. The van der Waals surface area contributed by atoms with Gasteiger partial charge < -0.3 is 10.2 Å². The number of nitrogens with zero attached hydrogens (tertiary/aromatic N) is 2. The first kappa shape index (κ1) is 16.5. The van der Waals surface area contributed by atoms with Crippen molar-refractivity contribution in [3.05, 3.63) is 28.8 Å². The highest BCUT2D eigenvalue weighted by molar-refractivity contribution is 7.88. The second kappa shape index (κ2) is 6.96. The molecule has 0 saturated carbocycles. The number of sulfonamides is 1. The molecular formula is C14H22ClN3O2S. The fourth-order valence-electron chi connectivity index (χ4n) is 2.52. The topological polar surface area (TPSA) is 52.6 Å². The Hall–Kier alpha value is -0.820. The average molecular weight is 332 g/mol. The van der Waals surface area contributed by atoms with Gasteiger partial charge in [0.1, 0.15) is 0 Å². The summed E-state index contributed by atoms with van der Waals surface area (Å²) in [6.45, 7) is 6.19. The molecule has 21 heavy (non-hydrogen) atoms. The summed E-state index contributed by atoms with van der Waals surface area (Å²) < 4.78 is 24.7. The smallest absolute Gasteiger partial charge is 0.211 e. The zero-order valence-electron chi connectivity index (χ0n) is 12.5. The van der Waals surface area contributed by atoms with Crippen LogP contribution >= 0.6 is 11.6 Å². The van der Waals surface area contributed by atoms with Gasteiger partial charge >= 0.3 is 0 Å². The minimum atomic E-state index is -3.09. The van der Waals surface area contributed by atoms with E-state index in [4.69, 9.17) is 11.6 Å². The van der Waals surface area contributed by atoms with Crippen molar-refractivity contribution >= 4 is 27.3 Å². The van der Waals surface area contributed by atoms with Gasteiger partial charge in [0.2, 0.25) is 10.0 Å². The predicted molar refractivity (Wildman–Crippen MR) is 87.5 cm³/mol. The summed E-state index contributed by atoms with van der Waals surface area (Å²) in [5, 5.41) is 4.04. The van der Waals surface area contributed by atoms with Crippen LogP contribution < -0.4 is 10.2 Å². The first-order chi connectivity index (χ1) is 9.91. The Labute approximate surface area is 131 Å². The molecule has 0 amide bonds. The Morgan fingerprint density at radius 1 is 1.24 bits per heavy atom. The summed E-state index contributed by atoms with van der Waals surface area (Å²) in [6.07, 6.45) is 1.27. The lowest BCUT2D eigenvalue weighted by atomic mass is 10.1. The van der Waals surface area contributed by atoms with Gasteiger partial charge in [0.05, 0.1) is 6.26 Å². The Morgan fingerprint density at radius 2 is 1.90 bits per heavy atom. The fourth-order valence-corrected chi connectivity index (χ4v) is 3.55. The third-order valence-electron chi connectivity index (χ3n) is 3.66. The maximum Gasteiger partial charge on any atom is 0.211 e. The molecule has 1 aromatic carbocycles. The molecule has 5 nitrogen and oxygen atoms in total. The first-order valence-electron chi connectivity index (χ1n) is 7.11. The highest BCUT2D eigenvalue weighted by atomic mass is 35.5. The van der Waals surface area contributed by atoms with Crippen LogP contribution in [0.15, 0.2) is 18.2 Å². The van der Waals surface area contributed by atoms with Crippen LogP contribution in [0.3, 0.4) is 0 Å². The van der Waals surface area contributed by atoms with Gasteiger partial charge in [-0.05, 0) is 30.3 Å². The molecule has 1 heterocycles. The van der Waals surface area contributed by atoms with Crippen molar-refractivity contribution < 1.29 is 8.42 Å². The Balaban J connectivity index is 2.12. The van der Waals surface area contributed by atoms with E-state index in [2.05, 4.69) is 17.1 Å². The lowest BCUT2D eigenvalue weighted by molar-refractivity contribution is 0.387. The van der Waals surface area contributed by atoms with Gasteiger partial charge in [0.15, 0.2) is 0 Å². The second-order valence-electron chi connectivity index (χ2n) is 5.20. The van der Waals surface area contributed by atoms with Crippen LogP contribution in [0.25, 0.3) is 0 Å². The Kier molecular flexibility index (Phi) is 5.48. The molecule has 1 aliphatic rings. The first-order valence-corrected chi connectivity index (χ1v) is 9.33. The molecule has 0 unspecified atom stereocenters. The highest BCUT2D eigenvalue weighted by Gasteiger charge is 2.24. The Bertz CT molecular complexity index is 584. The summed E-state index contributed by atoms with van der Waals surface area (Å²) >= 11 is 6.08.